The van der Waals surface area contributed by atoms with Crippen LogP contribution < -0.4 is 9.62 Å². The highest BCUT2D eigenvalue weighted by atomic mass is 32.2. The Labute approximate surface area is 146 Å². The normalized spacial score (nSPS) is 17.3. The highest BCUT2D eigenvalue weighted by molar-refractivity contribution is 7.92. The number of hydrogen-bond acceptors (Lipinski definition) is 3. The summed E-state index contributed by atoms with van der Waals surface area (Å²) >= 11 is 0. The van der Waals surface area contributed by atoms with Crippen molar-refractivity contribution in [1.29, 1.82) is 0 Å². The zero-order valence-corrected chi connectivity index (χ0v) is 14.8. The van der Waals surface area contributed by atoms with E-state index in [1.807, 2.05) is 6.92 Å². The molecular formula is C18H19FN2O3S. The van der Waals surface area contributed by atoms with Crippen molar-refractivity contribution < 1.29 is 17.6 Å². The van der Waals surface area contributed by atoms with Gasteiger partial charge < -0.3 is 4.90 Å². The van der Waals surface area contributed by atoms with Gasteiger partial charge in [0.05, 0.1) is 16.3 Å². The summed E-state index contributed by atoms with van der Waals surface area (Å²) in [5.74, 6) is -0.912. The third-order valence-corrected chi connectivity index (χ3v) is 5.69. The molecule has 5 nitrogen and oxygen atoms in total. The van der Waals surface area contributed by atoms with E-state index in [4.69, 9.17) is 0 Å². The van der Waals surface area contributed by atoms with E-state index in [-0.39, 0.29) is 34.5 Å². The molecule has 132 valence electrons. The molecule has 1 N–H and O–H groups in total. The van der Waals surface area contributed by atoms with Gasteiger partial charge in [0.15, 0.2) is 0 Å². The van der Waals surface area contributed by atoms with Gasteiger partial charge in [-0.3, -0.25) is 9.52 Å². The Morgan fingerprint density at radius 1 is 1.24 bits per heavy atom. The summed E-state index contributed by atoms with van der Waals surface area (Å²) < 4.78 is 42.0. The van der Waals surface area contributed by atoms with Gasteiger partial charge in [-0.25, -0.2) is 12.8 Å². The maximum atomic E-state index is 14.7. The lowest BCUT2D eigenvalue weighted by Gasteiger charge is -2.32. The number of nitrogens with zero attached hydrogens (tertiary/aromatic N) is 1. The minimum atomic E-state index is -3.80. The molecule has 0 saturated heterocycles. The molecule has 1 aliphatic rings. The molecular weight excluding hydrogens is 343 g/mol. The van der Waals surface area contributed by atoms with Gasteiger partial charge in [0.1, 0.15) is 5.82 Å². The number of anilines is 2. The molecule has 25 heavy (non-hydrogen) atoms. The van der Waals surface area contributed by atoms with Crippen molar-refractivity contribution in [2.75, 3.05) is 16.2 Å². The van der Waals surface area contributed by atoms with Crippen molar-refractivity contribution in [3.05, 3.63) is 53.8 Å². The van der Waals surface area contributed by atoms with E-state index in [1.165, 1.54) is 17.0 Å². The Hall–Kier alpha value is -2.41. The second kappa shape index (κ2) is 6.48. The number of amides is 1. The van der Waals surface area contributed by atoms with E-state index in [0.717, 1.165) is 6.07 Å². The molecule has 2 aromatic rings. The Morgan fingerprint density at radius 3 is 2.56 bits per heavy atom. The van der Waals surface area contributed by atoms with E-state index in [1.54, 1.807) is 31.2 Å². The molecule has 0 bridgehead atoms. The molecule has 7 heteroatoms. The van der Waals surface area contributed by atoms with Crippen molar-refractivity contribution in [1.82, 2.24) is 0 Å². The molecule has 1 aliphatic heterocycles. The molecule has 0 fully saturated rings. The van der Waals surface area contributed by atoms with Gasteiger partial charge in [-0.1, -0.05) is 25.1 Å². The van der Waals surface area contributed by atoms with Crippen LogP contribution in [0.2, 0.25) is 0 Å². The molecule has 0 aromatic heterocycles. The molecule has 0 spiro atoms. The zero-order chi connectivity index (χ0) is 18.2. The minimum Gasteiger partial charge on any atom is -0.310 e. The summed E-state index contributed by atoms with van der Waals surface area (Å²) in [4.78, 5) is 13.6. The molecule has 1 unspecified atom stereocenters. The Kier molecular flexibility index (Phi) is 4.51. The maximum absolute atomic E-state index is 14.7. The van der Waals surface area contributed by atoms with Crippen LogP contribution >= 0.6 is 0 Å². The first kappa shape index (κ1) is 17.4. The first-order valence-electron chi connectivity index (χ1n) is 8.05. The first-order chi connectivity index (χ1) is 11.8. The summed E-state index contributed by atoms with van der Waals surface area (Å²) in [6.45, 7) is 3.98. The standard InChI is InChI=1S/C18H19FN2O3S/c1-3-21-17(22)9-12(2)15-10-13(11-16(19)18(15)21)20-25(23,24)14-7-5-4-6-8-14/h4-8,10-12,20H,3,9H2,1-2H3. The lowest BCUT2D eigenvalue weighted by Crippen LogP contribution is -2.36. The number of sulfonamides is 1. The minimum absolute atomic E-state index is 0.103. The van der Waals surface area contributed by atoms with Crippen LogP contribution in [-0.4, -0.2) is 20.9 Å². The Bertz CT molecular complexity index is 913. The van der Waals surface area contributed by atoms with Crippen LogP contribution in [0.5, 0.6) is 0 Å². The Balaban J connectivity index is 2.02. The van der Waals surface area contributed by atoms with Crippen molar-refractivity contribution in [2.45, 2.75) is 31.1 Å². The van der Waals surface area contributed by atoms with E-state index < -0.39 is 15.8 Å². The SMILES string of the molecule is CCN1C(=O)CC(C)c2cc(NS(=O)(=O)c3ccccc3)cc(F)c21. The first-order valence-corrected chi connectivity index (χ1v) is 9.53. The van der Waals surface area contributed by atoms with E-state index >= 15 is 0 Å². The quantitative estimate of drug-likeness (QED) is 0.905. The molecule has 3 rings (SSSR count). The summed E-state index contributed by atoms with van der Waals surface area (Å²) in [5, 5.41) is 0. The third-order valence-electron chi connectivity index (χ3n) is 4.30. The van der Waals surface area contributed by atoms with Crippen molar-refractivity contribution in [3.8, 4) is 0 Å². The number of nitrogens with one attached hydrogen (secondary N) is 1. The number of carbonyl (C=O) groups is 1. The summed E-state index contributed by atoms with van der Waals surface area (Å²) in [7, 11) is -3.80. The zero-order valence-electron chi connectivity index (χ0n) is 14.0. The van der Waals surface area contributed by atoms with Crippen LogP contribution in [0.1, 0.15) is 31.7 Å². The lowest BCUT2D eigenvalue weighted by molar-refractivity contribution is -0.119. The van der Waals surface area contributed by atoms with E-state index in [9.17, 15) is 17.6 Å². The van der Waals surface area contributed by atoms with Gasteiger partial charge in [0.25, 0.3) is 10.0 Å². The third kappa shape index (κ3) is 3.24. The van der Waals surface area contributed by atoms with Crippen LogP contribution in [0.15, 0.2) is 47.4 Å². The monoisotopic (exact) mass is 362 g/mol. The van der Waals surface area contributed by atoms with E-state index in [0.29, 0.717) is 12.1 Å². The van der Waals surface area contributed by atoms with E-state index in [2.05, 4.69) is 4.72 Å². The number of benzene rings is 2. The lowest BCUT2D eigenvalue weighted by atomic mass is 9.90. The highest BCUT2D eigenvalue weighted by Gasteiger charge is 2.31. The number of fused-ring (bicyclic) bond motifs is 1. The van der Waals surface area contributed by atoms with Crippen molar-refractivity contribution in [2.24, 2.45) is 0 Å². The second-order valence-corrected chi connectivity index (χ2v) is 7.74. The van der Waals surface area contributed by atoms with Gasteiger partial charge in [0.2, 0.25) is 5.91 Å². The summed E-state index contributed by atoms with van der Waals surface area (Å²) in [5.41, 5.74) is 1.03. The van der Waals surface area contributed by atoms with Crippen LogP contribution in [0.3, 0.4) is 0 Å². The average molecular weight is 362 g/mol. The number of hydrogen-bond donors (Lipinski definition) is 1. The fraction of sp³-hybridized carbons (Fsp3) is 0.278. The molecule has 0 radical (unpaired) electrons. The van der Waals surface area contributed by atoms with Crippen LogP contribution in [0, 0.1) is 5.82 Å². The maximum Gasteiger partial charge on any atom is 0.261 e. The van der Waals surface area contributed by atoms with Crippen LogP contribution in [0.4, 0.5) is 15.8 Å². The fourth-order valence-electron chi connectivity index (χ4n) is 3.09. The van der Waals surface area contributed by atoms with Gasteiger partial charge in [-0.2, -0.15) is 0 Å². The Morgan fingerprint density at radius 2 is 1.92 bits per heavy atom. The molecule has 1 atom stereocenters. The van der Waals surface area contributed by atoms with Crippen LogP contribution in [-0.2, 0) is 14.8 Å². The average Bonchev–Trinajstić information content (AvgIpc) is 2.56. The summed E-state index contributed by atoms with van der Waals surface area (Å²) in [6, 6.07) is 10.6. The summed E-state index contributed by atoms with van der Waals surface area (Å²) in [6.07, 6.45) is 0.273. The fourth-order valence-corrected chi connectivity index (χ4v) is 4.16. The molecule has 1 heterocycles. The van der Waals surface area contributed by atoms with Gasteiger partial charge in [0, 0.05) is 19.0 Å². The largest absolute Gasteiger partial charge is 0.310 e. The van der Waals surface area contributed by atoms with Gasteiger partial charge >= 0.3 is 0 Å². The van der Waals surface area contributed by atoms with Crippen molar-refractivity contribution in [3.63, 3.8) is 0 Å². The van der Waals surface area contributed by atoms with Crippen molar-refractivity contribution >= 4 is 27.3 Å². The number of rotatable bonds is 4. The van der Waals surface area contributed by atoms with Gasteiger partial charge in [-0.05, 0) is 36.6 Å². The van der Waals surface area contributed by atoms with Gasteiger partial charge in [-0.15, -0.1) is 0 Å². The highest BCUT2D eigenvalue weighted by Crippen LogP contribution is 2.39. The second-order valence-electron chi connectivity index (χ2n) is 6.06. The number of halogens is 1. The predicted octanol–water partition coefficient (Wildman–Crippen LogP) is 3.49. The molecule has 1 amide bonds. The molecule has 0 aliphatic carbocycles. The number of carbonyl (C=O) groups excluding carboxylic acids is 1. The molecule has 2 aromatic carbocycles. The topological polar surface area (TPSA) is 66.5 Å². The smallest absolute Gasteiger partial charge is 0.261 e. The van der Waals surface area contributed by atoms with Crippen LogP contribution in [0.25, 0.3) is 0 Å². The molecule has 0 saturated carbocycles. The predicted molar refractivity (Wildman–Crippen MR) is 94.7 cm³/mol.